The summed E-state index contributed by atoms with van der Waals surface area (Å²) >= 11 is 0. The lowest BCUT2D eigenvalue weighted by molar-refractivity contribution is -0.140. The van der Waals surface area contributed by atoms with Crippen LogP contribution in [0.25, 0.3) is 0 Å². The van der Waals surface area contributed by atoms with Gasteiger partial charge in [-0.2, -0.15) is 0 Å². The molecule has 0 bridgehead atoms. The molecule has 1 aliphatic carbocycles. The molecule has 0 aliphatic heterocycles. The third-order valence-corrected chi connectivity index (χ3v) is 4.14. The molecule has 22 heavy (non-hydrogen) atoms. The Morgan fingerprint density at radius 2 is 1.64 bits per heavy atom. The first kappa shape index (κ1) is 18.7. The molecule has 4 nitrogen and oxygen atoms in total. The molecule has 0 fully saturated rings. The van der Waals surface area contributed by atoms with Crippen molar-refractivity contribution in [3.8, 4) is 0 Å². The van der Waals surface area contributed by atoms with Crippen LogP contribution in [0, 0.1) is 0 Å². The Balaban J connectivity index is 1.93. The topological polar surface area (TPSA) is 52.6 Å². The van der Waals surface area contributed by atoms with Gasteiger partial charge in [0.05, 0.1) is 13.7 Å². The molecule has 0 saturated heterocycles. The molecule has 1 rings (SSSR count). The van der Waals surface area contributed by atoms with E-state index in [1.54, 1.807) is 0 Å². The molecule has 0 N–H and O–H groups in total. The smallest absolute Gasteiger partial charge is 0.305 e. The van der Waals surface area contributed by atoms with Gasteiger partial charge in [0.1, 0.15) is 5.76 Å². The third kappa shape index (κ3) is 7.10. The van der Waals surface area contributed by atoms with Gasteiger partial charge in [0, 0.05) is 24.8 Å². The van der Waals surface area contributed by atoms with Gasteiger partial charge in [-0.05, 0) is 19.3 Å². The zero-order valence-corrected chi connectivity index (χ0v) is 14.1. The standard InChI is InChI=1S/C18H30O4/c1-3-15-16(19)12-13-17(15)22-14-10-8-6-4-5-7-9-11-18(20)21-2/h3-14H2,1-2H3. The fourth-order valence-electron chi connectivity index (χ4n) is 2.79. The Kier molecular flexibility index (Phi) is 9.60. The van der Waals surface area contributed by atoms with Crippen molar-refractivity contribution < 1.29 is 19.1 Å². The number of Topliss-reactive ketones (excluding diaryl/α,β-unsaturated/α-hetero) is 1. The van der Waals surface area contributed by atoms with Gasteiger partial charge in [-0.3, -0.25) is 9.59 Å². The van der Waals surface area contributed by atoms with E-state index in [1.165, 1.54) is 32.8 Å². The van der Waals surface area contributed by atoms with Crippen LogP contribution in [0.3, 0.4) is 0 Å². The lowest BCUT2D eigenvalue weighted by atomic mass is 10.1. The van der Waals surface area contributed by atoms with E-state index in [2.05, 4.69) is 4.74 Å². The van der Waals surface area contributed by atoms with Crippen molar-refractivity contribution in [2.75, 3.05) is 13.7 Å². The van der Waals surface area contributed by atoms with Gasteiger partial charge in [-0.15, -0.1) is 0 Å². The van der Waals surface area contributed by atoms with Crippen molar-refractivity contribution in [1.82, 2.24) is 0 Å². The molecule has 1 aliphatic rings. The average Bonchev–Trinajstić information content (AvgIpc) is 2.88. The number of ether oxygens (including phenoxy) is 2. The molecular weight excluding hydrogens is 280 g/mol. The van der Waals surface area contributed by atoms with Crippen molar-refractivity contribution >= 4 is 11.8 Å². The van der Waals surface area contributed by atoms with E-state index < -0.39 is 0 Å². The molecule has 4 heteroatoms. The van der Waals surface area contributed by atoms with Crippen LogP contribution in [-0.2, 0) is 19.1 Å². The van der Waals surface area contributed by atoms with Gasteiger partial charge < -0.3 is 9.47 Å². The molecule has 0 heterocycles. The van der Waals surface area contributed by atoms with Gasteiger partial charge in [-0.1, -0.05) is 39.0 Å². The van der Waals surface area contributed by atoms with E-state index in [4.69, 9.17) is 4.74 Å². The maximum atomic E-state index is 11.6. The molecule has 0 aromatic carbocycles. The molecule has 0 atom stereocenters. The zero-order chi connectivity index (χ0) is 16.2. The number of allylic oxidation sites excluding steroid dienone is 2. The Bertz CT molecular complexity index is 385. The summed E-state index contributed by atoms with van der Waals surface area (Å²) in [6, 6.07) is 0. The van der Waals surface area contributed by atoms with Crippen molar-refractivity contribution in [2.45, 2.75) is 77.6 Å². The van der Waals surface area contributed by atoms with E-state index in [0.29, 0.717) is 12.8 Å². The van der Waals surface area contributed by atoms with Crippen LogP contribution in [0.1, 0.15) is 77.6 Å². The maximum absolute atomic E-state index is 11.6. The summed E-state index contributed by atoms with van der Waals surface area (Å²) in [5.41, 5.74) is 0.908. The van der Waals surface area contributed by atoms with Crippen LogP contribution >= 0.6 is 0 Å². The second-order valence-corrected chi connectivity index (χ2v) is 5.83. The van der Waals surface area contributed by atoms with Crippen LogP contribution in [0.15, 0.2) is 11.3 Å². The Morgan fingerprint density at radius 3 is 2.27 bits per heavy atom. The maximum Gasteiger partial charge on any atom is 0.305 e. The van der Waals surface area contributed by atoms with Gasteiger partial charge in [0.2, 0.25) is 0 Å². The summed E-state index contributed by atoms with van der Waals surface area (Å²) in [7, 11) is 1.44. The fraction of sp³-hybridized carbons (Fsp3) is 0.778. The van der Waals surface area contributed by atoms with Crippen LogP contribution in [-0.4, -0.2) is 25.5 Å². The van der Waals surface area contributed by atoms with Crippen molar-refractivity contribution in [2.24, 2.45) is 0 Å². The lowest BCUT2D eigenvalue weighted by Gasteiger charge is -2.08. The lowest BCUT2D eigenvalue weighted by Crippen LogP contribution is -1.99. The number of hydrogen-bond acceptors (Lipinski definition) is 4. The van der Waals surface area contributed by atoms with Crippen LogP contribution < -0.4 is 0 Å². The summed E-state index contributed by atoms with van der Waals surface area (Å²) < 4.78 is 10.4. The number of methoxy groups -OCH3 is 1. The summed E-state index contributed by atoms with van der Waals surface area (Å²) in [5, 5.41) is 0. The first-order chi connectivity index (χ1) is 10.7. The van der Waals surface area contributed by atoms with E-state index in [1.807, 2.05) is 6.92 Å². The fourth-order valence-corrected chi connectivity index (χ4v) is 2.79. The molecule has 0 radical (unpaired) electrons. The van der Waals surface area contributed by atoms with E-state index in [0.717, 1.165) is 50.0 Å². The number of hydrogen-bond donors (Lipinski definition) is 0. The highest BCUT2D eigenvalue weighted by molar-refractivity contribution is 5.98. The summed E-state index contributed by atoms with van der Waals surface area (Å²) in [5.74, 6) is 1.10. The SMILES string of the molecule is CCC1=C(OCCCCCCCCCC(=O)OC)CCC1=O. The summed E-state index contributed by atoms with van der Waals surface area (Å²) in [6.45, 7) is 2.75. The van der Waals surface area contributed by atoms with Crippen molar-refractivity contribution in [3.05, 3.63) is 11.3 Å². The minimum absolute atomic E-state index is 0.108. The van der Waals surface area contributed by atoms with E-state index >= 15 is 0 Å². The first-order valence-electron chi connectivity index (χ1n) is 8.63. The number of ketones is 1. The third-order valence-electron chi connectivity index (χ3n) is 4.14. The van der Waals surface area contributed by atoms with Gasteiger partial charge in [0.25, 0.3) is 0 Å². The minimum Gasteiger partial charge on any atom is -0.498 e. The molecule has 0 aromatic heterocycles. The largest absolute Gasteiger partial charge is 0.498 e. The summed E-state index contributed by atoms with van der Waals surface area (Å²) in [4.78, 5) is 22.5. The van der Waals surface area contributed by atoms with Gasteiger partial charge in [-0.25, -0.2) is 0 Å². The predicted molar refractivity (Wildman–Crippen MR) is 86.5 cm³/mol. The molecular formula is C18H30O4. The second-order valence-electron chi connectivity index (χ2n) is 5.83. The average molecular weight is 310 g/mol. The highest BCUT2D eigenvalue weighted by Gasteiger charge is 2.22. The molecule has 126 valence electrons. The quantitative estimate of drug-likeness (QED) is 0.398. The number of rotatable bonds is 12. The van der Waals surface area contributed by atoms with E-state index in [-0.39, 0.29) is 11.8 Å². The molecule has 0 amide bonds. The predicted octanol–water partition coefficient (Wildman–Crippen LogP) is 4.32. The molecule has 0 spiro atoms. The second kappa shape index (κ2) is 11.3. The van der Waals surface area contributed by atoms with Crippen molar-refractivity contribution in [1.29, 1.82) is 0 Å². The zero-order valence-electron chi connectivity index (χ0n) is 14.1. The normalized spacial score (nSPS) is 14.5. The number of carbonyl (C=O) groups excluding carboxylic acids is 2. The summed E-state index contributed by atoms with van der Waals surface area (Å²) in [6.07, 6.45) is 10.6. The molecule has 0 unspecified atom stereocenters. The van der Waals surface area contributed by atoms with Gasteiger partial charge >= 0.3 is 5.97 Å². The monoisotopic (exact) mass is 310 g/mol. The number of carbonyl (C=O) groups is 2. The van der Waals surface area contributed by atoms with Crippen LogP contribution in [0.4, 0.5) is 0 Å². The highest BCUT2D eigenvalue weighted by atomic mass is 16.5. The number of esters is 1. The molecule has 0 aromatic rings. The minimum atomic E-state index is -0.108. The van der Waals surface area contributed by atoms with E-state index in [9.17, 15) is 9.59 Å². The number of unbranched alkanes of at least 4 members (excludes halogenated alkanes) is 6. The van der Waals surface area contributed by atoms with Gasteiger partial charge in [0.15, 0.2) is 5.78 Å². The highest BCUT2D eigenvalue weighted by Crippen LogP contribution is 2.26. The molecule has 0 saturated carbocycles. The Hall–Kier alpha value is -1.32. The first-order valence-corrected chi connectivity index (χ1v) is 8.63. The van der Waals surface area contributed by atoms with Crippen LogP contribution in [0.2, 0.25) is 0 Å². The van der Waals surface area contributed by atoms with Crippen molar-refractivity contribution in [3.63, 3.8) is 0 Å². The Labute approximate surface area is 134 Å². The van der Waals surface area contributed by atoms with Crippen LogP contribution in [0.5, 0.6) is 0 Å². The Morgan fingerprint density at radius 1 is 1.00 bits per heavy atom.